The fraction of sp³-hybridized carbons (Fsp3) is 0.409. The van der Waals surface area contributed by atoms with Crippen LogP contribution in [-0.2, 0) is 6.54 Å². The van der Waals surface area contributed by atoms with Gasteiger partial charge in [-0.1, -0.05) is 5.16 Å². The predicted octanol–water partition coefficient (Wildman–Crippen LogP) is 3.16. The molecule has 1 N–H and O–H groups in total. The van der Waals surface area contributed by atoms with Crippen LogP contribution in [0.15, 0.2) is 41.1 Å². The van der Waals surface area contributed by atoms with Crippen LogP contribution in [0, 0.1) is 0 Å². The van der Waals surface area contributed by atoms with Gasteiger partial charge in [0, 0.05) is 37.0 Å². The van der Waals surface area contributed by atoms with E-state index in [2.05, 4.69) is 20.0 Å². The van der Waals surface area contributed by atoms with Crippen molar-refractivity contribution in [2.24, 2.45) is 0 Å². The van der Waals surface area contributed by atoms with Gasteiger partial charge in [0.15, 0.2) is 11.5 Å². The number of hydrogen-bond acceptors (Lipinski definition) is 8. The molecule has 0 saturated carbocycles. The molecule has 0 unspecified atom stereocenters. The number of nitrogens with zero attached hydrogens (tertiary/aromatic N) is 4. The molecule has 8 heteroatoms. The number of rotatable bonds is 8. The second kappa shape index (κ2) is 9.23. The summed E-state index contributed by atoms with van der Waals surface area (Å²) in [6.07, 6.45) is 2.31. The van der Waals surface area contributed by atoms with Gasteiger partial charge in [0.25, 0.3) is 5.89 Å². The van der Waals surface area contributed by atoms with Crippen molar-refractivity contribution >= 4 is 0 Å². The van der Waals surface area contributed by atoms with Crippen molar-refractivity contribution in [3.63, 3.8) is 0 Å². The second-order valence-electron chi connectivity index (χ2n) is 7.16. The van der Waals surface area contributed by atoms with Gasteiger partial charge in [-0.15, -0.1) is 0 Å². The van der Waals surface area contributed by atoms with Crippen LogP contribution in [0.5, 0.6) is 11.5 Å². The second-order valence-corrected chi connectivity index (χ2v) is 7.16. The highest BCUT2D eigenvalue weighted by Crippen LogP contribution is 2.33. The summed E-state index contributed by atoms with van der Waals surface area (Å²) >= 11 is 0. The lowest BCUT2D eigenvalue weighted by Gasteiger charge is -2.14. The maximum atomic E-state index is 9.71. The van der Waals surface area contributed by atoms with Crippen molar-refractivity contribution < 1.29 is 19.1 Å². The number of likely N-dealkylation sites (tertiary alicyclic amines) is 1. The third kappa shape index (κ3) is 4.60. The van der Waals surface area contributed by atoms with E-state index >= 15 is 0 Å². The molecular weight excluding hydrogens is 384 g/mol. The standard InChI is InChI=1S/C22H26N4O4/c1-3-28-19-6-5-16(12-20(19)29-4-2)22-24-21(25-30-22)15-7-9-23-17(11-15)13-26-10-8-18(27)14-26/h5-7,9,11-12,18,27H,3-4,8,10,13-14H2,1-2H3/t18-/m1/s1. The molecule has 30 heavy (non-hydrogen) atoms. The molecule has 4 rings (SSSR count). The molecule has 8 nitrogen and oxygen atoms in total. The molecule has 0 spiro atoms. The van der Waals surface area contributed by atoms with Crippen LogP contribution in [-0.4, -0.2) is 57.5 Å². The molecule has 3 aromatic rings. The molecule has 1 fully saturated rings. The fourth-order valence-electron chi connectivity index (χ4n) is 3.53. The Morgan fingerprint density at radius 1 is 1.10 bits per heavy atom. The van der Waals surface area contributed by atoms with Crippen molar-refractivity contribution in [3.05, 3.63) is 42.2 Å². The van der Waals surface area contributed by atoms with Crippen molar-refractivity contribution in [2.45, 2.75) is 32.9 Å². The number of pyridine rings is 1. The van der Waals surface area contributed by atoms with Crippen molar-refractivity contribution in [3.8, 4) is 34.3 Å². The average molecular weight is 410 g/mol. The first-order valence-electron chi connectivity index (χ1n) is 10.3. The molecule has 1 aliphatic heterocycles. The number of aromatic nitrogens is 3. The quantitative estimate of drug-likeness (QED) is 0.605. The minimum absolute atomic E-state index is 0.247. The molecule has 1 saturated heterocycles. The fourth-order valence-corrected chi connectivity index (χ4v) is 3.53. The van der Waals surface area contributed by atoms with Crippen molar-refractivity contribution in [1.29, 1.82) is 0 Å². The van der Waals surface area contributed by atoms with Gasteiger partial charge in [0.05, 0.1) is 25.0 Å². The van der Waals surface area contributed by atoms with E-state index in [4.69, 9.17) is 14.0 Å². The first-order valence-corrected chi connectivity index (χ1v) is 10.3. The van der Waals surface area contributed by atoms with Crippen LogP contribution in [0.1, 0.15) is 26.0 Å². The summed E-state index contributed by atoms with van der Waals surface area (Å²) in [6, 6.07) is 9.40. The van der Waals surface area contributed by atoms with E-state index in [9.17, 15) is 5.11 Å². The normalized spacial score (nSPS) is 16.7. The Morgan fingerprint density at radius 2 is 1.93 bits per heavy atom. The summed E-state index contributed by atoms with van der Waals surface area (Å²) in [5.74, 6) is 2.25. The zero-order valence-corrected chi connectivity index (χ0v) is 17.2. The van der Waals surface area contributed by atoms with Gasteiger partial charge in [0.1, 0.15) is 0 Å². The highest BCUT2D eigenvalue weighted by atomic mass is 16.5. The van der Waals surface area contributed by atoms with E-state index in [1.54, 1.807) is 6.20 Å². The molecular formula is C22H26N4O4. The molecule has 0 radical (unpaired) electrons. The first kappa shape index (κ1) is 20.3. The minimum atomic E-state index is -0.247. The summed E-state index contributed by atoms with van der Waals surface area (Å²) in [4.78, 5) is 11.2. The maximum Gasteiger partial charge on any atom is 0.258 e. The van der Waals surface area contributed by atoms with Gasteiger partial charge in [-0.3, -0.25) is 9.88 Å². The van der Waals surface area contributed by atoms with Crippen LogP contribution in [0.3, 0.4) is 0 Å². The Balaban J connectivity index is 1.54. The number of benzene rings is 1. The number of aliphatic hydroxyl groups excluding tert-OH is 1. The maximum absolute atomic E-state index is 9.71. The first-order chi connectivity index (χ1) is 14.7. The van der Waals surface area contributed by atoms with Gasteiger partial charge in [-0.25, -0.2) is 0 Å². The SMILES string of the molecule is CCOc1ccc(-c2nc(-c3ccnc(CN4CC[C@@H](O)C4)c3)no2)cc1OCC. The van der Waals surface area contributed by atoms with E-state index in [1.807, 2.05) is 44.2 Å². The molecule has 2 aromatic heterocycles. The van der Waals surface area contributed by atoms with Gasteiger partial charge < -0.3 is 19.1 Å². The van der Waals surface area contributed by atoms with E-state index in [1.165, 1.54) is 0 Å². The van der Waals surface area contributed by atoms with Gasteiger partial charge in [0.2, 0.25) is 5.82 Å². The minimum Gasteiger partial charge on any atom is -0.490 e. The van der Waals surface area contributed by atoms with Crippen LogP contribution in [0.25, 0.3) is 22.8 Å². The third-order valence-electron chi connectivity index (χ3n) is 4.92. The molecule has 158 valence electrons. The number of ether oxygens (including phenoxy) is 2. The molecule has 3 heterocycles. The summed E-state index contributed by atoms with van der Waals surface area (Å²) in [5, 5.41) is 13.9. The van der Waals surface area contributed by atoms with Crippen LogP contribution in [0.2, 0.25) is 0 Å². The number of aliphatic hydroxyl groups is 1. The van der Waals surface area contributed by atoms with Crippen LogP contribution < -0.4 is 9.47 Å². The summed E-state index contributed by atoms with van der Waals surface area (Å²) in [7, 11) is 0. The molecule has 0 bridgehead atoms. The average Bonchev–Trinajstić information content (AvgIpc) is 3.39. The largest absolute Gasteiger partial charge is 0.490 e. The lowest BCUT2D eigenvalue weighted by molar-refractivity contribution is 0.174. The van der Waals surface area contributed by atoms with Crippen molar-refractivity contribution in [2.75, 3.05) is 26.3 Å². The molecule has 0 amide bonds. The molecule has 1 atom stereocenters. The van der Waals surface area contributed by atoms with E-state index in [-0.39, 0.29) is 6.10 Å². The molecule has 0 aliphatic carbocycles. The predicted molar refractivity (Wildman–Crippen MR) is 111 cm³/mol. The van der Waals surface area contributed by atoms with Crippen LogP contribution in [0.4, 0.5) is 0 Å². The summed E-state index contributed by atoms with van der Waals surface area (Å²) < 4.78 is 16.8. The van der Waals surface area contributed by atoms with Crippen LogP contribution >= 0.6 is 0 Å². The lowest BCUT2D eigenvalue weighted by Crippen LogP contribution is -2.22. The Kier molecular flexibility index (Phi) is 6.25. The zero-order chi connectivity index (χ0) is 20.9. The Labute approximate surface area is 175 Å². The Hall–Kier alpha value is -2.97. The van der Waals surface area contributed by atoms with E-state index < -0.39 is 0 Å². The highest BCUT2D eigenvalue weighted by Gasteiger charge is 2.21. The Bertz CT molecular complexity index is 991. The zero-order valence-electron chi connectivity index (χ0n) is 17.2. The molecule has 1 aromatic carbocycles. The highest BCUT2D eigenvalue weighted by molar-refractivity contribution is 5.63. The Morgan fingerprint density at radius 3 is 2.70 bits per heavy atom. The van der Waals surface area contributed by atoms with Crippen molar-refractivity contribution in [1.82, 2.24) is 20.0 Å². The lowest BCUT2D eigenvalue weighted by atomic mass is 10.2. The number of β-amino-alcohol motifs (C(OH)–C–C–N with tert-alkyl or cyclic N) is 1. The smallest absolute Gasteiger partial charge is 0.258 e. The van der Waals surface area contributed by atoms with E-state index in [0.717, 1.165) is 29.8 Å². The van der Waals surface area contributed by atoms with Gasteiger partial charge in [-0.2, -0.15) is 4.98 Å². The molecule has 1 aliphatic rings. The summed E-state index contributed by atoms with van der Waals surface area (Å²) in [6.45, 7) is 7.20. The van der Waals surface area contributed by atoms with Gasteiger partial charge >= 0.3 is 0 Å². The van der Waals surface area contributed by atoms with E-state index in [0.29, 0.717) is 49.5 Å². The third-order valence-corrected chi connectivity index (χ3v) is 4.92. The summed E-state index contributed by atoms with van der Waals surface area (Å²) in [5.41, 5.74) is 2.51. The number of hydrogen-bond donors (Lipinski definition) is 1. The monoisotopic (exact) mass is 410 g/mol. The van der Waals surface area contributed by atoms with Gasteiger partial charge in [-0.05, 0) is 50.6 Å². The topological polar surface area (TPSA) is 93.7 Å².